The summed E-state index contributed by atoms with van der Waals surface area (Å²) in [7, 11) is 3.69. The first-order chi connectivity index (χ1) is 17.0. The normalized spacial score (nSPS) is 18.2. The second kappa shape index (κ2) is 11.9. The van der Waals surface area contributed by atoms with Crippen LogP contribution in [-0.4, -0.2) is 52.3 Å². The van der Waals surface area contributed by atoms with Gasteiger partial charge in [-0.2, -0.15) is 0 Å². The maximum atomic E-state index is 11.3. The average molecular weight is 474 g/mol. The molecule has 4 rings (SSSR count). The maximum absolute atomic E-state index is 11.3. The summed E-state index contributed by atoms with van der Waals surface area (Å²) in [4.78, 5) is 18.2. The number of carboxylic acids is 1. The van der Waals surface area contributed by atoms with Crippen molar-refractivity contribution in [1.82, 2.24) is 14.5 Å². The summed E-state index contributed by atoms with van der Waals surface area (Å²) < 4.78 is 7.44. The van der Waals surface area contributed by atoms with Gasteiger partial charge in [-0.25, -0.2) is 0 Å². The molecular weight excluding hydrogens is 438 g/mol. The molecule has 1 saturated heterocycles. The number of rotatable bonds is 9. The Balaban J connectivity index is 1.36. The molecule has 2 aromatic heterocycles. The van der Waals surface area contributed by atoms with E-state index in [0.717, 1.165) is 74.1 Å². The number of aliphatic carboxylic acids is 1. The maximum Gasteiger partial charge on any atom is 0.303 e. The summed E-state index contributed by atoms with van der Waals surface area (Å²) in [5.41, 5.74) is 3.31. The lowest BCUT2D eigenvalue weighted by Gasteiger charge is -2.38. The van der Waals surface area contributed by atoms with Crippen LogP contribution in [0.2, 0.25) is 0 Å². The summed E-state index contributed by atoms with van der Waals surface area (Å²) in [6.07, 6.45) is 9.13. The molecule has 0 bridgehead atoms. The lowest BCUT2D eigenvalue weighted by molar-refractivity contribution is -0.137. The number of hydrogen-bond donors (Lipinski definition) is 1. The molecule has 184 valence electrons. The minimum atomic E-state index is -0.707. The van der Waals surface area contributed by atoms with E-state index in [1.165, 1.54) is 5.56 Å². The fraction of sp³-hybridized carbons (Fsp3) is 0.448. The van der Waals surface area contributed by atoms with Gasteiger partial charge in [-0.1, -0.05) is 5.92 Å². The number of methoxy groups -OCH3 is 1. The predicted molar refractivity (Wildman–Crippen MR) is 138 cm³/mol. The molecular formula is C29H35N3O3. The Labute approximate surface area is 207 Å². The summed E-state index contributed by atoms with van der Waals surface area (Å²) in [6, 6.07) is 12.2. The Bertz CT molecular complexity index is 1210. The zero-order valence-corrected chi connectivity index (χ0v) is 20.7. The fourth-order valence-electron chi connectivity index (χ4n) is 5.23. The zero-order chi connectivity index (χ0) is 24.6. The Kier molecular flexibility index (Phi) is 8.44. The minimum absolute atomic E-state index is 0.235. The highest BCUT2D eigenvalue weighted by Gasteiger charge is 2.29. The van der Waals surface area contributed by atoms with Crippen molar-refractivity contribution in [2.45, 2.75) is 38.5 Å². The van der Waals surface area contributed by atoms with Crippen molar-refractivity contribution in [2.24, 2.45) is 18.9 Å². The number of pyridine rings is 1. The molecule has 0 amide bonds. The van der Waals surface area contributed by atoms with Gasteiger partial charge in [-0.3, -0.25) is 14.7 Å². The van der Waals surface area contributed by atoms with Crippen molar-refractivity contribution in [3.8, 4) is 17.6 Å². The lowest BCUT2D eigenvalue weighted by atomic mass is 9.79. The Morgan fingerprint density at radius 3 is 2.89 bits per heavy atom. The molecule has 0 aliphatic carbocycles. The molecule has 6 nitrogen and oxygen atoms in total. The van der Waals surface area contributed by atoms with Gasteiger partial charge in [0.2, 0.25) is 0 Å². The molecule has 2 atom stereocenters. The predicted octanol–water partition coefficient (Wildman–Crippen LogP) is 4.76. The van der Waals surface area contributed by atoms with E-state index in [9.17, 15) is 9.90 Å². The fourth-order valence-corrected chi connectivity index (χ4v) is 5.23. The number of benzene rings is 1. The van der Waals surface area contributed by atoms with Crippen molar-refractivity contribution >= 4 is 16.9 Å². The van der Waals surface area contributed by atoms with E-state index in [4.69, 9.17) is 4.74 Å². The molecule has 3 heterocycles. The van der Waals surface area contributed by atoms with Gasteiger partial charge in [0, 0.05) is 37.8 Å². The number of aromatic nitrogens is 2. The van der Waals surface area contributed by atoms with Gasteiger partial charge in [0.25, 0.3) is 0 Å². The third-order valence-corrected chi connectivity index (χ3v) is 7.23. The summed E-state index contributed by atoms with van der Waals surface area (Å²) in [5, 5.41) is 10.4. The van der Waals surface area contributed by atoms with Gasteiger partial charge in [0.05, 0.1) is 24.9 Å². The van der Waals surface area contributed by atoms with E-state index in [2.05, 4.69) is 33.9 Å². The SMILES string of the molecule is COc1ccc2nccc(CCCC3CCN(CC#Cc4cccn4C)CC3CCC(=O)O)c2c1. The van der Waals surface area contributed by atoms with E-state index < -0.39 is 5.97 Å². The number of nitrogens with zero attached hydrogens (tertiary/aromatic N) is 3. The van der Waals surface area contributed by atoms with Crippen LogP contribution >= 0.6 is 0 Å². The number of piperidine rings is 1. The van der Waals surface area contributed by atoms with E-state index in [-0.39, 0.29) is 6.42 Å². The highest BCUT2D eigenvalue weighted by Crippen LogP contribution is 2.32. The standard InChI is InChI=1S/C29H35N3O3/c1-31-17-4-8-25(31)9-5-18-32-19-15-22(24(21-32)10-13-29(33)34)6-3-7-23-14-16-30-28-12-11-26(35-2)20-27(23)28/h4,8,11-12,14,16-17,20,22,24H,3,6-7,10,13,15,18-19,21H2,1-2H3,(H,33,34). The molecule has 0 saturated carbocycles. The van der Waals surface area contributed by atoms with Crippen LogP contribution in [0.15, 0.2) is 48.8 Å². The lowest BCUT2D eigenvalue weighted by Crippen LogP contribution is -2.41. The number of aryl methyl sites for hydroxylation is 2. The van der Waals surface area contributed by atoms with Crippen LogP contribution in [0.5, 0.6) is 5.75 Å². The van der Waals surface area contributed by atoms with E-state index in [1.54, 1.807) is 7.11 Å². The van der Waals surface area contributed by atoms with Gasteiger partial charge in [-0.05, 0) is 98.4 Å². The molecule has 1 aliphatic rings. The highest BCUT2D eigenvalue weighted by atomic mass is 16.5. The number of carboxylic acid groups (broad SMARTS) is 1. The molecule has 0 radical (unpaired) electrons. The van der Waals surface area contributed by atoms with Crippen LogP contribution in [-0.2, 0) is 18.3 Å². The number of likely N-dealkylation sites (tertiary alicyclic amines) is 1. The number of fused-ring (bicyclic) bond motifs is 1. The van der Waals surface area contributed by atoms with Gasteiger partial charge in [0.1, 0.15) is 5.75 Å². The monoisotopic (exact) mass is 473 g/mol. The molecule has 1 aromatic carbocycles. The third-order valence-electron chi connectivity index (χ3n) is 7.23. The molecule has 1 fully saturated rings. The molecule has 2 unspecified atom stereocenters. The first-order valence-corrected chi connectivity index (χ1v) is 12.5. The first kappa shape index (κ1) is 24.8. The second-order valence-electron chi connectivity index (χ2n) is 9.53. The van der Waals surface area contributed by atoms with Crippen LogP contribution in [0.1, 0.15) is 43.4 Å². The quantitative estimate of drug-likeness (QED) is 0.454. The zero-order valence-electron chi connectivity index (χ0n) is 20.7. The smallest absolute Gasteiger partial charge is 0.303 e. The van der Waals surface area contributed by atoms with Crippen LogP contribution in [0, 0.1) is 23.7 Å². The summed E-state index contributed by atoms with van der Waals surface area (Å²) in [6.45, 7) is 2.67. The van der Waals surface area contributed by atoms with Crippen molar-refractivity contribution < 1.29 is 14.6 Å². The van der Waals surface area contributed by atoms with Crippen molar-refractivity contribution in [3.63, 3.8) is 0 Å². The molecule has 3 aromatic rings. The molecule has 1 aliphatic heterocycles. The van der Waals surface area contributed by atoms with E-state index in [0.29, 0.717) is 11.8 Å². The topological polar surface area (TPSA) is 67.6 Å². The van der Waals surface area contributed by atoms with Crippen LogP contribution < -0.4 is 4.74 Å². The van der Waals surface area contributed by atoms with Crippen LogP contribution in [0.3, 0.4) is 0 Å². The largest absolute Gasteiger partial charge is 0.497 e. The number of carbonyl (C=O) groups is 1. The van der Waals surface area contributed by atoms with Gasteiger partial charge < -0.3 is 14.4 Å². The highest BCUT2D eigenvalue weighted by molar-refractivity contribution is 5.83. The molecule has 6 heteroatoms. The second-order valence-corrected chi connectivity index (χ2v) is 9.53. The molecule has 0 spiro atoms. The Morgan fingerprint density at radius 2 is 2.11 bits per heavy atom. The first-order valence-electron chi connectivity index (χ1n) is 12.5. The van der Waals surface area contributed by atoms with Gasteiger partial charge in [0.15, 0.2) is 0 Å². The molecule has 35 heavy (non-hydrogen) atoms. The molecule has 1 N–H and O–H groups in total. The van der Waals surface area contributed by atoms with E-state index in [1.807, 2.05) is 48.3 Å². The van der Waals surface area contributed by atoms with Crippen LogP contribution in [0.25, 0.3) is 10.9 Å². The van der Waals surface area contributed by atoms with Crippen molar-refractivity contribution in [3.05, 3.63) is 60.0 Å². The van der Waals surface area contributed by atoms with Crippen LogP contribution in [0.4, 0.5) is 0 Å². The Hall–Kier alpha value is -3.30. The van der Waals surface area contributed by atoms with Gasteiger partial charge >= 0.3 is 5.97 Å². The van der Waals surface area contributed by atoms with E-state index >= 15 is 0 Å². The Morgan fingerprint density at radius 1 is 1.23 bits per heavy atom. The third kappa shape index (κ3) is 6.64. The minimum Gasteiger partial charge on any atom is -0.497 e. The van der Waals surface area contributed by atoms with Crippen molar-refractivity contribution in [1.29, 1.82) is 0 Å². The number of hydrogen-bond acceptors (Lipinski definition) is 4. The average Bonchev–Trinajstić information content (AvgIpc) is 3.28. The van der Waals surface area contributed by atoms with Crippen molar-refractivity contribution in [2.75, 3.05) is 26.7 Å². The summed E-state index contributed by atoms with van der Waals surface area (Å²) >= 11 is 0. The summed E-state index contributed by atoms with van der Waals surface area (Å²) in [5.74, 6) is 7.65. The number of ether oxygens (including phenoxy) is 1. The van der Waals surface area contributed by atoms with Gasteiger partial charge in [-0.15, -0.1) is 0 Å².